The van der Waals surface area contributed by atoms with Gasteiger partial charge in [0.2, 0.25) is 0 Å². The Morgan fingerprint density at radius 1 is 1.21 bits per heavy atom. The van der Waals surface area contributed by atoms with E-state index in [0.717, 1.165) is 24.1 Å². The first-order valence-corrected chi connectivity index (χ1v) is 10.8. The number of carbonyl (C=O) groups is 2. The maximum atomic E-state index is 12.6. The molecule has 1 aromatic rings. The molecule has 6 heteroatoms. The summed E-state index contributed by atoms with van der Waals surface area (Å²) in [6.45, 7) is 12.8. The van der Waals surface area contributed by atoms with Crippen LogP contribution >= 0.6 is 0 Å². The Hall–Kier alpha value is -1.76. The number of ketones is 1. The maximum absolute atomic E-state index is 12.6. The smallest absolute Gasteiger partial charge is 0.195 e. The number of aryl methyl sites for hydroxylation is 2. The summed E-state index contributed by atoms with van der Waals surface area (Å²) < 4.78 is 0. The molecule has 2 rings (SSSR count). The number of carbonyl (C=O) groups excluding carboxylic acids is 2. The SMILES string of the molecule is CC[NH+](CC)CCCN.Cc1ccc(C(=O)C2(O)CCCCC2C(=O)[O-])cc1C. The molecule has 0 aliphatic heterocycles. The molecule has 0 spiro atoms. The predicted octanol–water partition coefficient (Wildman–Crippen LogP) is 0.417. The molecule has 2 atom stereocenters. The van der Waals surface area contributed by atoms with Crippen molar-refractivity contribution in [1.29, 1.82) is 0 Å². The molecule has 2 unspecified atom stereocenters. The van der Waals surface area contributed by atoms with Crippen molar-refractivity contribution in [3.8, 4) is 0 Å². The highest BCUT2D eigenvalue weighted by Gasteiger charge is 2.46. The van der Waals surface area contributed by atoms with Crippen LogP contribution < -0.4 is 15.7 Å². The summed E-state index contributed by atoms with van der Waals surface area (Å²) in [5, 5.41) is 21.8. The van der Waals surface area contributed by atoms with Gasteiger partial charge in [-0.05, 0) is 64.3 Å². The Bertz CT molecular complexity index is 673. The Labute approximate surface area is 175 Å². The summed E-state index contributed by atoms with van der Waals surface area (Å²) in [6.07, 6.45) is 2.97. The number of aliphatic hydroxyl groups is 1. The van der Waals surface area contributed by atoms with Crippen molar-refractivity contribution in [3.05, 3.63) is 34.9 Å². The predicted molar refractivity (Wildman–Crippen MR) is 113 cm³/mol. The zero-order chi connectivity index (χ0) is 22.0. The number of Topliss-reactive ketones (excluding diaryl/α,β-unsaturated/α-hetero) is 1. The van der Waals surface area contributed by atoms with Crippen LogP contribution in [0.3, 0.4) is 0 Å². The fraction of sp³-hybridized carbons (Fsp3) is 0.652. The molecule has 1 saturated carbocycles. The first-order chi connectivity index (χ1) is 13.7. The fourth-order valence-corrected chi connectivity index (χ4v) is 3.83. The molecule has 164 valence electrons. The summed E-state index contributed by atoms with van der Waals surface area (Å²) in [6, 6.07) is 5.16. The monoisotopic (exact) mass is 406 g/mol. The number of aliphatic carboxylic acids is 1. The van der Waals surface area contributed by atoms with E-state index in [0.29, 0.717) is 18.4 Å². The van der Waals surface area contributed by atoms with Crippen LogP contribution in [-0.4, -0.2) is 48.6 Å². The minimum absolute atomic E-state index is 0.178. The van der Waals surface area contributed by atoms with E-state index in [1.54, 1.807) is 17.0 Å². The molecule has 0 bridgehead atoms. The third-order valence-electron chi connectivity index (χ3n) is 6.06. The molecule has 1 aliphatic carbocycles. The molecule has 1 fully saturated rings. The van der Waals surface area contributed by atoms with Gasteiger partial charge in [0, 0.05) is 23.9 Å². The Balaban J connectivity index is 0.000000396. The number of nitrogens with two attached hydrogens (primary N) is 1. The second-order valence-corrected chi connectivity index (χ2v) is 8.02. The second-order valence-electron chi connectivity index (χ2n) is 8.02. The number of hydrogen-bond donors (Lipinski definition) is 3. The second kappa shape index (κ2) is 12.1. The number of benzene rings is 1. The van der Waals surface area contributed by atoms with Crippen LogP contribution in [0.15, 0.2) is 18.2 Å². The summed E-state index contributed by atoms with van der Waals surface area (Å²) in [7, 11) is 0. The van der Waals surface area contributed by atoms with E-state index in [1.165, 1.54) is 19.6 Å². The minimum atomic E-state index is -1.83. The maximum Gasteiger partial charge on any atom is 0.195 e. The standard InChI is InChI=1S/C16H20O4.C7H18N2/c1-10-6-7-12(9-11(10)2)14(17)16(20)8-4-3-5-13(16)15(18)19;1-3-9(4-2)7-5-6-8/h6-7,9,13,20H,3-5,8H2,1-2H3,(H,18,19);3-8H2,1-2H3. The van der Waals surface area contributed by atoms with Crippen molar-refractivity contribution in [2.45, 2.75) is 65.4 Å². The number of nitrogens with one attached hydrogen (secondary N) is 1. The van der Waals surface area contributed by atoms with E-state index >= 15 is 0 Å². The van der Waals surface area contributed by atoms with Gasteiger partial charge in [0.1, 0.15) is 5.60 Å². The van der Waals surface area contributed by atoms with Gasteiger partial charge in [-0.25, -0.2) is 0 Å². The van der Waals surface area contributed by atoms with Crippen LogP contribution in [0.2, 0.25) is 0 Å². The van der Waals surface area contributed by atoms with Crippen molar-refractivity contribution in [1.82, 2.24) is 0 Å². The molecule has 4 N–H and O–H groups in total. The number of quaternary nitrogens is 1. The van der Waals surface area contributed by atoms with Crippen LogP contribution in [-0.2, 0) is 4.79 Å². The number of carboxylic acids is 1. The minimum Gasteiger partial charge on any atom is -0.550 e. The van der Waals surface area contributed by atoms with Crippen LogP contribution in [0.4, 0.5) is 0 Å². The normalized spacial score (nSPS) is 21.4. The van der Waals surface area contributed by atoms with Crippen molar-refractivity contribution in [3.63, 3.8) is 0 Å². The van der Waals surface area contributed by atoms with E-state index in [4.69, 9.17) is 5.73 Å². The highest BCUT2D eigenvalue weighted by molar-refractivity contribution is 6.04. The summed E-state index contributed by atoms with van der Waals surface area (Å²) >= 11 is 0. The largest absolute Gasteiger partial charge is 0.550 e. The lowest BCUT2D eigenvalue weighted by Crippen LogP contribution is -3.11. The van der Waals surface area contributed by atoms with Crippen LogP contribution in [0.1, 0.15) is 67.4 Å². The molecule has 0 aromatic heterocycles. The van der Waals surface area contributed by atoms with E-state index in [-0.39, 0.29) is 12.8 Å². The Morgan fingerprint density at radius 2 is 1.86 bits per heavy atom. The average molecular weight is 407 g/mol. The van der Waals surface area contributed by atoms with Crippen LogP contribution in [0.5, 0.6) is 0 Å². The van der Waals surface area contributed by atoms with E-state index < -0.39 is 23.3 Å². The van der Waals surface area contributed by atoms with Crippen LogP contribution in [0.25, 0.3) is 0 Å². The van der Waals surface area contributed by atoms with Crippen molar-refractivity contribution < 1.29 is 24.7 Å². The van der Waals surface area contributed by atoms with Gasteiger partial charge >= 0.3 is 0 Å². The van der Waals surface area contributed by atoms with Gasteiger partial charge in [0.25, 0.3) is 0 Å². The molecule has 1 aliphatic rings. The fourth-order valence-electron chi connectivity index (χ4n) is 3.83. The summed E-state index contributed by atoms with van der Waals surface area (Å²) in [4.78, 5) is 25.4. The topological polar surface area (TPSA) is 108 Å². The van der Waals surface area contributed by atoms with Gasteiger partial charge in [-0.15, -0.1) is 0 Å². The zero-order valence-corrected chi connectivity index (χ0v) is 18.4. The Morgan fingerprint density at radius 3 is 2.38 bits per heavy atom. The molecule has 0 saturated heterocycles. The van der Waals surface area contributed by atoms with Crippen molar-refractivity contribution in [2.75, 3.05) is 26.2 Å². The molecule has 0 heterocycles. The number of hydrogen-bond acceptors (Lipinski definition) is 5. The van der Waals surface area contributed by atoms with Crippen LogP contribution in [0, 0.1) is 19.8 Å². The molecule has 29 heavy (non-hydrogen) atoms. The van der Waals surface area contributed by atoms with E-state index in [9.17, 15) is 19.8 Å². The van der Waals surface area contributed by atoms with Crippen molar-refractivity contribution in [2.24, 2.45) is 11.7 Å². The van der Waals surface area contributed by atoms with Gasteiger partial charge in [-0.3, -0.25) is 4.79 Å². The number of rotatable bonds is 8. The Kier molecular flexibility index (Phi) is 10.5. The lowest BCUT2D eigenvalue weighted by Gasteiger charge is -2.39. The van der Waals surface area contributed by atoms with Gasteiger partial charge in [-0.2, -0.15) is 0 Å². The van der Waals surface area contributed by atoms with Gasteiger partial charge < -0.3 is 25.6 Å². The lowest BCUT2D eigenvalue weighted by atomic mass is 9.71. The summed E-state index contributed by atoms with van der Waals surface area (Å²) in [5.41, 5.74) is 5.90. The molecule has 1 aromatic carbocycles. The highest BCUT2D eigenvalue weighted by atomic mass is 16.4. The van der Waals surface area contributed by atoms with Gasteiger partial charge in [-0.1, -0.05) is 25.0 Å². The van der Waals surface area contributed by atoms with Gasteiger partial charge in [0.15, 0.2) is 5.78 Å². The molecule has 0 radical (unpaired) electrons. The first kappa shape index (κ1) is 25.3. The van der Waals surface area contributed by atoms with E-state index in [1.807, 2.05) is 19.9 Å². The molecular weight excluding hydrogens is 368 g/mol. The third kappa shape index (κ3) is 6.91. The zero-order valence-electron chi connectivity index (χ0n) is 18.4. The third-order valence-corrected chi connectivity index (χ3v) is 6.06. The highest BCUT2D eigenvalue weighted by Crippen LogP contribution is 2.36. The average Bonchev–Trinajstić information content (AvgIpc) is 2.71. The quantitative estimate of drug-likeness (QED) is 0.542. The van der Waals surface area contributed by atoms with E-state index in [2.05, 4.69) is 13.8 Å². The number of carboxylic acid groups (broad SMARTS) is 1. The summed E-state index contributed by atoms with van der Waals surface area (Å²) in [5.74, 6) is -2.97. The molecule has 0 amide bonds. The van der Waals surface area contributed by atoms with Crippen molar-refractivity contribution >= 4 is 11.8 Å². The molecular formula is C23H38N2O4. The first-order valence-electron chi connectivity index (χ1n) is 10.8. The lowest BCUT2D eigenvalue weighted by molar-refractivity contribution is -0.896. The molecule has 6 nitrogen and oxygen atoms in total. The van der Waals surface area contributed by atoms with Gasteiger partial charge in [0.05, 0.1) is 19.6 Å².